The van der Waals surface area contributed by atoms with Crippen LogP contribution in [0.5, 0.6) is 11.5 Å². The first-order valence-corrected chi connectivity index (χ1v) is 7.52. The highest BCUT2D eigenvalue weighted by Gasteiger charge is 2.09. The van der Waals surface area contributed by atoms with E-state index in [1.807, 2.05) is 24.3 Å². The summed E-state index contributed by atoms with van der Waals surface area (Å²) < 4.78 is 6.67. The number of benzene rings is 2. The van der Waals surface area contributed by atoms with Gasteiger partial charge in [0.25, 0.3) is 0 Å². The van der Waals surface area contributed by atoms with Crippen LogP contribution >= 0.6 is 0 Å². The lowest BCUT2D eigenvalue weighted by Crippen LogP contribution is -2.00. The van der Waals surface area contributed by atoms with E-state index in [9.17, 15) is 5.11 Å². The van der Waals surface area contributed by atoms with E-state index >= 15 is 0 Å². The Balaban J connectivity index is 1.71. The normalized spacial score (nSPS) is 11.4. The van der Waals surface area contributed by atoms with E-state index in [4.69, 9.17) is 4.74 Å². The van der Waals surface area contributed by atoms with Gasteiger partial charge in [-0.25, -0.2) is 0 Å². The maximum absolute atomic E-state index is 10.1. The molecular formula is C17H14N6O2. The lowest BCUT2D eigenvalue weighted by Gasteiger charge is -2.07. The predicted molar refractivity (Wildman–Crippen MR) is 94.2 cm³/mol. The molecule has 0 aliphatic heterocycles. The van der Waals surface area contributed by atoms with Crippen LogP contribution < -0.4 is 10.2 Å². The third kappa shape index (κ3) is 2.59. The molecule has 8 nitrogen and oxygen atoms in total. The highest BCUT2D eigenvalue weighted by Crippen LogP contribution is 2.28. The van der Waals surface area contributed by atoms with Crippen LogP contribution in [0.4, 0.5) is 5.82 Å². The molecule has 0 radical (unpaired) electrons. The number of aromatic hydroxyl groups is 1. The third-order valence-corrected chi connectivity index (χ3v) is 3.79. The number of phenolic OH excluding ortho intramolecular Hbond substituents is 1. The van der Waals surface area contributed by atoms with Gasteiger partial charge in [0, 0.05) is 16.3 Å². The van der Waals surface area contributed by atoms with Crippen LogP contribution in [0.2, 0.25) is 0 Å². The van der Waals surface area contributed by atoms with Crippen molar-refractivity contribution in [2.24, 2.45) is 5.10 Å². The molecule has 0 fully saturated rings. The van der Waals surface area contributed by atoms with E-state index in [2.05, 4.69) is 25.8 Å². The maximum Gasteiger partial charge on any atom is 0.185 e. The number of nitrogens with one attached hydrogen (secondary N) is 1. The van der Waals surface area contributed by atoms with Crippen molar-refractivity contribution in [1.82, 2.24) is 19.8 Å². The molecule has 0 aliphatic rings. The van der Waals surface area contributed by atoms with Crippen molar-refractivity contribution in [3.05, 3.63) is 54.4 Å². The second-order valence-electron chi connectivity index (χ2n) is 5.26. The van der Waals surface area contributed by atoms with Gasteiger partial charge >= 0.3 is 0 Å². The minimum absolute atomic E-state index is 0.0302. The van der Waals surface area contributed by atoms with Crippen molar-refractivity contribution < 1.29 is 9.84 Å². The number of phenols is 1. The highest BCUT2D eigenvalue weighted by atomic mass is 16.5. The summed E-state index contributed by atoms with van der Waals surface area (Å²) in [5.74, 6) is 0.975. The van der Waals surface area contributed by atoms with Crippen LogP contribution in [0.25, 0.3) is 16.4 Å². The van der Waals surface area contributed by atoms with E-state index in [1.165, 1.54) is 19.7 Å². The van der Waals surface area contributed by atoms with Gasteiger partial charge in [0.1, 0.15) is 6.33 Å². The number of hydrazone groups is 1. The van der Waals surface area contributed by atoms with E-state index in [0.29, 0.717) is 22.8 Å². The lowest BCUT2D eigenvalue weighted by molar-refractivity contribution is 0.373. The first kappa shape index (κ1) is 14.9. The Morgan fingerprint density at radius 2 is 2.00 bits per heavy atom. The molecule has 0 aliphatic carbocycles. The zero-order valence-corrected chi connectivity index (χ0v) is 13.3. The lowest BCUT2D eigenvalue weighted by atomic mass is 10.2. The van der Waals surface area contributed by atoms with Gasteiger partial charge in [0.15, 0.2) is 23.0 Å². The van der Waals surface area contributed by atoms with Gasteiger partial charge in [-0.05, 0) is 12.1 Å². The number of hydrogen-bond acceptors (Lipinski definition) is 7. The maximum atomic E-state index is 10.1. The van der Waals surface area contributed by atoms with E-state index in [1.54, 1.807) is 22.7 Å². The summed E-state index contributed by atoms with van der Waals surface area (Å²) in [4.78, 5) is 0. The summed E-state index contributed by atoms with van der Waals surface area (Å²) in [7, 11) is 1.50. The monoisotopic (exact) mass is 334 g/mol. The van der Waals surface area contributed by atoms with E-state index in [0.717, 1.165) is 10.8 Å². The Hall–Kier alpha value is -3.68. The minimum Gasteiger partial charge on any atom is -0.504 e. The second kappa shape index (κ2) is 6.08. The van der Waals surface area contributed by atoms with Gasteiger partial charge in [-0.1, -0.05) is 30.3 Å². The SMILES string of the molecule is COc1cccc(/C=N\Nc2nn3cnnc3c3ccccc23)c1O. The highest BCUT2D eigenvalue weighted by molar-refractivity contribution is 6.00. The zero-order valence-electron chi connectivity index (χ0n) is 13.3. The van der Waals surface area contributed by atoms with Gasteiger partial charge in [0.05, 0.1) is 13.3 Å². The molecule has 0 saturated heterocycles. The summed E-state index contributed by atoms with van der Waals surface area (Å²) in [5, 5.41) is 28.5. The summed E-state index contributed by atoms with van der Waals surface area (Å²) in [6.07, 6.45) is 3.04. The Bertz CT molecular complexity index is 1090. The zero-order chi connectivity index (χ0) is 17.2. The number of methoxy groups -OCH3 is 1. The average Bonchev–Trinajstić information content (AvgIpc) is 3.12. The Kier molecular flexibility index (Phi) is 3.62. The number of anilines is 1. The molecule has 4 aromatic rings. The number of hydrogen-bond donors (Lipinski definition) is 2. The van der Waals surface area contributed by atoms with Crippen molar-refractivity contribution in [2.75, 3.05) is 12.5 Å². The molecule has 0 amide bonds. The van der Waals surface area contributed by atoms with Gasteiger partial charge in [-0.2, -0.15) is 9.62 Å². The third-order valence-electron chi connectivity index (χ3n) is 3.79. The molecule has 0 bridgehead atoms. The number of para-hydroxylation sites is 1. The van der Waals surface area contributed by atoms with Gasteiger partial charge in [0.2, 0.25) is 0 Å². The van der Waals surface area contributed by atoms with E-state index < -0.39 is 0 Å². The number of ether oxygens (including phenoxy) is 1. The fourth-order valence-corrected chi connectivity index (χ4v) is 2.58. The number of nitrogens with zero attached hydrogens (tertiary/aromatic N) is 5. The summed E-state index contributed by atoms with van der Waals surface area (Å²) >= 11 is 0. The number of rotatable bonds is 4. The Morgan fingerprint density at radius 3 is 2.84 bits per heavy atom. The van der Waals surface area contributed by atoms with E-state index in [-0.39, 0.29) is 5.75 Å². The molecule has 25 heavy (non-hydrogen) atoms. The van der Waals surface area contributed by atoms with Crippen molar-refractivity contribution in [2.45, 2.75) is 0 Å². The standard InChI is InChI=1S/C17H14N6O2/c1-25-14-8-4-5-11(15(14)24)9-18-20-16-12-6-2-3-7-13(12)17-21-19-10-23(17)22-16/h2-10,24H,1H3,(H,20,22)/b18-9-. The molecule has 0 atom stereocenters. The van der Waals surface area contributed by atoms with Gasteiger partial charge in [-0.3, -0.25) is 5.43 Å². The molecule has 2 aromatic carbocycles. The summed E-state index contributed by atoms with van der Waals surface area (Å²) in [5.41, 5.74) is 4.12. The Labute approximate surface area is 142 Å². The first-order chi connectivity index (χ1) is 12.3. The fraction of sp³-hybridized carbons (Fsp3) is 0.0588. The van der Waals surface area contributed by atoms with Crippen molar-refractivity contribution in [1.29, 1.82) is 0 Å². The molecule has 2 N–H and O–H groups in total. The van der Waals surface area contributed by atoms with Crippen molar-refractivity contribution in [3.8, 4) is 11.5 Å². The molecule has 2 heterocycles. The first-order valence-electron chi connectivity index (χ1n) is 7.52. The topological polar surface area (TPSA) is 96.9 Å². The smallest absolute Gasteiger partial charge is 0.185 e. The molecular weight excluding hydrogens is 320 g/mol. The van der Waals surface area contributed by atoms with Crippen molar-refractivity contribution in [3.63, 3.8) is 0 Å². The molecule has 2 aromatic heterocycles. The van der Waals surface area contributed by atoms with Crippen LogP contribution in [-0.2, 0) is 0 Å². The van der Waals surface area contributed by atoms with Crippen LogP contribution in [-0.4, -0.2) is 38.2 Å². The number of aromatic nitrogens is 4. The quantitative estimate of drug-likeness (QED) is 0.439. The predicted octanol–water partition coefficient (Wildman–Crippen LogP) is 2.44. The van der Waals surface area contributed by atoms with Crippen LogP contribution in [0.3, 0.4) is 0 Å². The van der Waals surface area contributed by atoms with Crippen LogP contribution in [0.15, 0.2) is 53.9 Å². The Morgan fingerprint density at radius 1 is 1.16 bits per heavy atom. The molecule has 0 saturated carbocycles. The van der Waals surface area contributed by atoms with Crippen LogP contribution in [0.1, 0.15) is 5.56 Å². The average molecular weight is 334 g/mol. The molecule has 0 unspecified atom stereocenters. The molecule has 124 valence electrons. The minimum atomic E-state index is 0.0302. The molecule has 4 rings (SSSR count). The largest absolute Gasteiger partial charge is 0.504 e. The fourth-order valence-electron chi connectivity index (χ4n) is 2.58. The van der Waals surface area contributed by atoms with Gasteiger partial charge in [-0.15, -0.1) is 15.3 Å². The molecule has 8 heteroatoms. The number of fused-ring (bicyclic) bond motifs is 3. The van der Waals surface area contributed by atoms with Crippen LogP contribution in [0, 0.1) is 0 Å². The van der Waals surface area contributed by atoms with Crippen molar-refractivity contribution >= 4 is 28.5 Å². The summed E-state index contributed by atoms with van der Waals surface area (Å²) in [6, 6.07) is 12.9. The van der Waals surface area contributed by atoms with Gasteiger partial charge < -0.3 is 9.84 Å². The summed E-state index contributed by atoms with van der Waals surface area (Å²) in [6.45, 7) is 0. The second-order valence-corrected chi connectivity index (χ2v) is 5.26. The molecule has 0 spiro atoms.